The first-order chi connectivity index (χ1) is 9.97. The average Bonchev–Trinajstić information content (AvgIpc) is 2.78. The molecular formula is C15H16BrN3OS. The molecule has 0 spiro atoms. The maximum atomic E-state index is 9.82. The van der Waals surface area contributed by atoms with Crippen molar-refractivity contribution in [2.24, 2.45) is 10.1 Å². The van der Waals surface area contributed by atoms with Crippen LogP contribution in [0.2, 0.25) is 0 Å². The van der Waals surface area contributed by atoms with Crippen LogP contribution in [-0.2, 0) is 0 Å². The molecule has 1 heterocycles. The molecule has 21 heavy (non-hydrogen) atoms. The number of aromatic nitrogens is 1. The zero-order chi connectivity index (χ0) is 15.4. The van der Waals surface area contributed by atoms with E-state index in [2.05, 4.69) is 32.6 Å². The van der Waals surface area contributed by atoms with E-state index in [1.54, 1.807) is 23.0 Å². The second-order valence-corrected chi connectivity index (χ2v) is 6.44. The van der Waals surface area contributed by atoms with Crippen LogP contribution in [0.4, 0.5) is 0 Å². The molecule has 0 amide bonds. The Morgan fingerprint density at radius 1 is 1.52 bits per heavy atom. The van der Waals surface area contributed by atoms with Gasteiger partial charge in [0.05, 0.1) is 18.5 Å². The predicted octanol–water partition coefficient (Wildman–Crippen LogP) is 3.69. The smallest absolute Gasteiger partial charge is 0.206 e. The molecule has 110 valence electrons. The van der Waals surface area contributed by atoms with Crippen molar-refractivity contribution >= 4 is 33.5 Å². The van der Waals surface area contributed by atoms with Gasteiger partial charge in [-0.25, -0.2) is 4.68 Å². The van der Waals surface area contributed by atoms with Crippen molar-refractivity contribution in [2.45, 2.75) is 13.8 Å². The quantitative estimate of drug-likeness (QED) is 0.651. The summed E-state index contributed by atoms with van der Waals surface area (Å²) in [6, 6.07) is 5.22. The lowest BCUT2D eigenvalue weighted by atomic mass is 10.2. The minimum Gasteiger partial charge on any atom is -0.507 e. The van der Waals surface area contributed by atoms with E-state index in [9.17, 15) is 5.11 Å². The predicted molar refractivity (Wildman–Crippen MR) is 91.1 cm³/mol. The van der Waals surface area contributed by atoms with Crippen LogP contribution in [0.15, 0.2) is 50.3 Å². The Labute approximate surface area is 135 Å². The zero-order valence-electron chi connectivity index (χ0n) is 11.9. The number of hydrogen-bond donors (Lipinski definition) is 1. The van der Waals surface area contributed by atoms with Gasteiger partial charge in [0, 0.05) is 15.4 Å². The molecule has 0 bridgehead atoms. The van der Waals surface area contributed by atoms with E-state index in [0.717, 1.165) is 20.5 Å². The first kappa shape index (κ1) is 15.7. The molecule has 0 saturated carbocycles. The van der Waals surface area contributed by atoms with Crippen LogP contribution in [0.5, 0.6) is 5.75 Å². The standard InChI is InChI=1S/C15H16BrN3OS/c1-10(2)7-17-15-19(11(3)9-21-15)18-8-12-6-13(16)4-5-14(12)20/h4-6,8-9,20H,1,7H2,2-3H3. The summed E-state index contributed by atoms with van der Waals surface area (Å²) in [4.78, 5) is 5.28. The SMILES string of the molecule is C=C(C)CN=c1scc(C)n1N=Cc1cc(Br)ccc1O. The molecule has 2 rings (SSSR count). The number of phenolic OH excluding ortho intramolecular Hbond substituents is 1. The lowest BCUT2D eigenvalue weighted by Gasteiger charge is -2.01. The Hall–Kier alpha value is -1.66. The number of hydrogen-bond acceptors (Lipinski definition) is 4. The molecule has 0 atom stereocenters. The van der Waals surface area contributed by atoms with Gasteiger partial charge in [0.25, 0.3) is 0 Å². The molecule has 0 aliphatic heterocycles. The van der Waals surface area contributed by atoms with Crippen molar-refractivity contribution in [1.82, 2.24) is 4.68 Å². The maximum absolute atomic E-state index is 9.82. The van der Waals surface area contributed by atoms with Gasteiger partial charge in [-0.15, -0.1) is 11.3 Å². The second-order valence-electron chi connectivity index (χ2n) is 4.69. The number of aromatic hydroxyl groups is 1. The number of aryl methyl sites for hydroxylation is 1. The van der Waals surface area contributed by atoms with Gasteiger partial charge in [-0.1, -0.05) is 28.1 Å². The number of benzene rings is 1. The molecule has 1 aromatic heterocycles. The summed E-state index contributed by atoms with van der Waals surface area (Å²) >= 11 is 4.91. The number of rotatable bonds is 4. The lowest BCUT2D eigenvalue weighted by Crippen LogP contribution is -2.13. The van der Waals surface area contributed by atoms with Gasteiger partial charge in [0.15, 0.2) is 0 Å². The zero-order valence-corrected chi connectivity index (χ0v) is 14.3. The third-order valence-corrected chi connectivity index (χ3v) is 4.10. The Bertz CT molecular complexity index is 759. The molecule has 0 aliphatic rings. The first-order valence-electron chi connectivity index (χ1n) is 6.32. The van der Waals surface area contributed by atoms with Crippen molar-refractivity contribution < 1.29 is 5.11 Å². The van der Waals surface area contributed by atoms with E-state index in [1.807, 2.05) is 25.3 Å². The summed E-state index contributed by atoms with van der Waals surface area (Å²) in [5.41, 5.74) is 2.64. The van der Waals surface area contributed by atoms with Crippen LogP contribution < -0.4 is 4.80 Å². The van der Waals surface area contributed by atoms with Crippen molar-refractivity contribution in [3.63, 3.8) is 0 Å². The molecule has 2 aromatic rings. The average molecular weight is 366 g/mol. The van der Waals surface area contributed by atoms with Crippen molar-refractivity contribution in [2.75, 3.05) is 6.54 Å². The van der Waals surface area contributed by atoms with Crippen molar-refractivity contribution in [1.29, 1.82) is 0 Å². The minimum absolute atomic E-state index is 0.191. The largest absolute Gasteiger partial charge is 0.507 e. The molecule has 0 unspecified atom stereocenters. The molecule has 0 fully saturated rings. The lowest BCUT2D eigenvalue weighted by molar-refractivity contribution is 0.474. The van der Waals surface area contributed by atoms with E-state index in [0.29, 0.717) is 12.1 Å². The maximum Gasteiger partial charge on any atom is 0.206 e. The highest BCUT2D eigenvalue weighted by Crippen LogP contribution is 2.20. The monoisotopic (exact) mass is 365 g/mol. The van der Waals surface area contributed by atoms with E-state index in [-0.39, 0.29) is 5.75 Å². The van der Waals surface area contributed by atoms with Crippen LogP contribution >= 0.6 is 27.3 Å². The summed E-state index contributed by atoms with van der Waals surface area (Å²) in [5.74, 6) is 0.191. The van der Waals surface area contributed by atoms with E-state index < -0.39 is 0 Å². The van der Waals surface area contributed by atoms with Crippen molar-refractivity contribution in [3.05, 3.63) is 56.3 Å². The molecule has 0 aliphatic carbocycles. The van der Waals surface area contributed by atoms with Crippen LogP contribution in [0, 0.1) is 6.92 Å². The highest BCUT2D eigenvalue weighted by Gasteiger charge is 2.01. The van der Waals surface area contributed by atoms with Gasteiger partial charge in [0.1, 0.15) is 5.75 Å². The Morgan fingerprint density at radius 3 is 3.00 bits per heavy atom. The van der Waals surface area contributed by atoms with Gasteiger partial charge in [-0.05, 0) is 32.0 Å². The summed E-state index contributed by atoms with van der Waals surface area (Å²) in [6.45, 7) is 8.34. The molecule has 1 N–H and O–H groups in total. The first-order valence-corrected chi connectivity index (χ1v) is 7.99. The molecule has 0 saturated heterocycles. The molecule has 4 nitrogen and oxygen atoms in total. The number of thiazole rings is 1. The highest BCUT2D eigenvalue weighted by atomic mass is 79.9. The van der Waals surface area contributed by atoms with Gasteiger partial charge >= 0.3 is 0 Å². The van der Waals surface area contributed by atoms with E-state index >= 15 is 0 Å². The Balaban J connectivity index is 2.37. The topological polar surface area (TPSA) is 49.9 Å². The van der Waals surface area contributed by atoms with Crippen LogP contribution in [0.1, 0.15) is 18.2 Å². The van der Waals surface area contributed by atoms with Gasteiger partial charge < -0.3 is 5.11 Å². The van der Waals surface area contributed by atoms with E-state index in [1.165, 1.54) is 11.3 Å². The molecule has 6 heteroatoms. The van der Waals surface area contributed by atoms with Gasteiger partial charge in [-0.3, -0.25) is 4.99 Å². The summed E-state index contributed by atoms with van der Waals surface area (Å²) < 4.78 is 2.65. The van der Waals surface area contributed by atoms with Crippen molar-refractivity contribution in [3.8, 4) is 5.75 Å². The fourth-order valence-corrected chi connectivity index (χ4v) is 2.77. The minimum atomic E-state index is 0.191. The van der Waals surface area contributed by atoms with Gasteiger partial charge in [0.2, 0.25) is 4.80 Å². The Morgan fingerprint density at radius 2 is 2.29 bits per heavy atom. The normalized spacial score (nSPS) is 12.2. The fraction of sp³-hybridized carbons (Fsp3) is 0.200. The molecular weight excluding hydrogens is 350 g/mol. The fourth-order valence-electron chi connectivity index (χ4n) is 1.58. The Kier molecular flexibility index (Phi) is 5.14. The third-order valence-electron chi connectivity index (χ3n) is 2.64. The summed E-state index contributed by atoms with van der Waals surface area (Å²) in [7, 11) is 0. The number of phenols is 1. The third kappa shape index (κ3) is 4.15. The number of halogens is 1. The number of nitrogens with zero attached hydrogens (tertiary/aromatic N) is 3. The van der Waals surface area contributed by atoms with Crippen LogP contribution in [0.3, 0.4) is 0 Å². The summed E-state index contributed by atoms with van der Waals surface area (Å²) in [5, 5.41) is 16.2. The van der Waals surface area contributed by atoms with Gasteiger partial charge in [-0.2, -0.15) is 5.10 Å². The molecule has 0 radical (unpaired) electrons. The van der Waals surface area contributed by atoms with Crippen LogP contribution in [0.25, 0.3) is 0 Å². The summed E-state index contributed by atoms with van der Waals surface area (Å²) in [6.07, 6.45) is 1.62. The van der Waals surface area contributed by atoms with E-state index in [4.69, 9.17) is 0 Å². The molecule has 1 aromatic carbocycles. The highest BCUT2D eigenvalue weighted by molar-refractivity contribution is 9.10. The second kappa shape index (κ2) is 6.87. The van der Waals surface area contributed by atoms with Crippen LogP contribution in [-0.4, -0.2) is 22.5 Å².